The lowest BCUT2D eigenvalue weighted by Crippen LogP contribution is -2.25. The van der Waals surface area contributed by atoms with Crippen LogP contribution >= 0.6 is 0 Å². The van der Waals surface area contributed by atoms with Gasteiger partial charge < -0.3 is 14.5 Å². The number of ketones is 1. The summed E-state index contributed by atoms with van der Waals surface area (Å²) in [7, 11) is 2.80. The van der Waals surface area contributed by atoms with Crippen LogP contribution in [0.25, 0.3) is 33.6 Å². The quantitative estimate of drug-likeness (QED) is 0.145. The zero-order valence-corrected chi connectivity index (χ0v) is 24.9. The van der Waals surface area contributed by atoms with E-state index in [0.29, 0.717) is 11.1 Å². The van der Waals surface area contributed by atoms with E-state index in [4.69, 9.17) is 9.15 Å². The first kappa shape index (κ1) is 32.2. The maximum atomic E-state index is 13.6. The van der Waals surface area contributed by atoms with Gasteiger partial charge in [-0.05, 0) is 67.3 Å². The Balaban J connectivity index is 1.96. The summed E-state index contributed by atoms with van der Waals surface area (Å²) in [6.45, 7) is 5.37. The maximum Gasteiger partial charge on any atom is 0.389 e. The molecule has 0 radical (unpaired) electrons. The Bertz CT molecular complexity index is 1750. The number of pyridine rings is 1. The summed E-state index contributed by atoms with van der Waals surface area (Å²) < 4.78 is 65.1. The van der Waals surface area contributed by atoms with Gasteiger partial charge in [0.2, 0.25) is 5.71 Å². The molecule has 44 heavy (non-hydrogen) atoms. The molecule has 230 valence electrons. The van der Waals surface area contributed by atoms with Crippen LogP contribution < -0.4 is 10.1 Å². The van der Waals surface area contributed by atoms with Crippen molar-refractivity contribution < 1.29 is 36.3 Å². The van der Waals surface area contributed by atoms with Crippen molar-refractivity contribution in [1.29, 1.82) is 5.26 Å². The van der Waals surface area contributed by atoms with Gasteiger partial charge in [-0.25, -0.2) is 9.37 Å². The van der Waals surface area contributed by atoms with Gasteiger partial charge in [-0.1, -0.05) is 19.9 Å². The zero-order chi connectivity index (χ0) is 32.4. The normalized spacial score (nSPS) is 13.0. The van der Waals surface area contributed by atoms with E-state index in [9.17, 15) is 32.4 Å². The van der Waals surface area contributed by atoms with Crippen LogP contribution in [-0.2, 0) is 6.42 Å². The van der Waals surface area contributed by atoms with Crippen LogP contribution in [0.3, 0.4) is 0 Å². The van der Waals surface area contributed by atoms with Crippen molar-refractivity contribution in [2.24, 2.45) is 11.3 Å². The first-order valence-corrected chi connectivity index (χ1v) is 13.8. The monoisotopic (exact) mass is 609 g/mol. The fraction of sp³-hybridized carbons (Fsp3) is 0.333. The summed E-state index contributed by atoms with van der Waals surface area (Å²) in [5, 5.41) is 12.5. The molecule has 0 spiro atoms. The zero-order valence-electron chi connectivity index (χ0n) is 24.9. The predicted octanol–water partition coefficient (Wildman–Crippen LogP) is 7.92. The first-order valence-electron chi connectivity index (χ1n) is 13.8. The number of hydrogen-bond acceptors (Lipinski definition) is 6. The minimum atomic E-state index is -4.48. The summed E-state index contributed by atoms with van der Waals surface area (Å²) in [5.41, 5.74) is 0.187. The molecule has 2 aromatic carbocycles. The number of carbonyl (C=O) groups is 2. The Morgan fingerprint density at radius 1 is 1.09 bits per heavy atom. The number of benzene rings is 2. The largest absolute Gasteiger partial charge is 0.496 e. The number of rotatable bonds is 10. The van der Waals surface area contributed by atoms with Crippen molar-refractivity contribution in [2.45, 2.75) is 46.2 Å². The van der Waals surface area contributed by atoms with E-state index in [1.165, 1.54) is 56.6 Å². The van der Waals surface area contributed by atoms with Crippen LogP contribution in [0.5, 0.6) is 5.75 Å². The van der Waals surface area contributed by atoms with Gasteiger partial charge >= 0.3 is 6.18 Å². The predicted molar refractivity (Wildman–Crippen MR) is 157 cm³/mol. The molecule has 0 saturated carbocycles. The highest BCUT2D eigenvalue weighted by molar-refractivity contribution is 6.11. The number of aryl methyl sites for hydroxylation is 1. The number of amides is 1. The number of methoxy groups -OCH3 is 1. The minimum absolute atomic E-state index is 0.0327. The summed E-state index contributed by atoms with van der Waals surface area (Å²) >= 11 is 0. The average molecular weight is 610 g/mol. The van der Waals surface area contributed by atoms with Gasteiger partial charge in [0.15, 0.2) is 5.78 Å². The molecule has 1 N–H and O–H groups in total. The van der Waals surface area contributed by atoms with E-state index in [1.807, 2.05) is 13.8 Å². The molecular weight excluding hydrogens is 578 g/mol. The molecule has 11 heteroatoms. The van der Waals surface area contributed by atoms with E-state index in [0.717, 1.165) is 0 Å². The molecule has 1 unspecified atom stereocenters. The van der Waals surface area contributed by atoms with E-state index < -0.39 is 36.2 Å². The summed E-state index contributed by atoms with van der Waals surface area (Å²) in [5.74, 6) is -1.25. The average Bonchev–Trinajstić information content (AvgIpc) is 3.36. The van der Waals surface area contributed by atoms with Crippen molar-refractivity contribution in [1.82, 2.24) is 10.3 Å². The maximum absolute atomic E-state index is 13.6. The third kappa shape index (κ3) is 6.59. The number of aromatic nitrogens is 1. The van der Waals surface area contributed by atoms with Crippen molar-refractivity contribution in [3.8, 4) is 34.3 Å². The highest BCUT2D eigenvalue weighted by Crippen LogP contribution is 2.39. The number of halogens is 4. The van der Waals surface area contributed by atoms with Crippen molar-refractivity contribution >= 4 is 22.8 Å². The fourth-order valence-corrected chi connectivity index (χ4v) is 4.81. The number of carbonyl (C=O) groups excluding carboxylic acids is 2. The van der Waals surface area contributed by atoms with Gasteiger partial charge in [-0.15, -0.1) is 0 Å². The number of fused-ring (bicyclic) bond motifs is 1. The van der Waals surface area contributed by atoms with Crippen LogP contribution in [0.1, 0.15) is 60.0 Å². The van der Waals surface area contributed by atoms with Gasteiger partial charge in [-0.3, -0.25) is 9.59 Å². The molecule has 0 saturated heterocycles. The Kier molecular flexibility index (Phi) is 9.14. The van der Waals surface area contributed by atoms with Crippen LogP contribution in [-0.4, -0.2) is 37.0 Å². The smallest absolute Gasteiger partial charge is 0.389 e. The van der Waals surface area contributed by atoms with Gasteiger partial charge in [0, 0.05) is 31.0 Å². The molecular formula is C33H31F4N3O4. The van der Waals surface area contributed by atoms with Crippen LogP contribution in [0, 0.1) is 28.5 Å². The van der Waals surface area contributed by atoms with Gasteiger partial charge in [0.25, 0.3) is 5.91 Å². The summed E-state index contributed by atoms with van der Waals surface area (Å²) in [6, 6.07) is 13.6. The number of ether oxygens (including phenoxy) is 1. The second-order valence-electron chi connectivity index (χ2n) is 11.0. The Labute approximate surface area is 251 Å². The topological polar surface area (TPSA) is 105 Å². The first-order chi connectivity index (χ1) is 20.7. The second kappa shape index (κ2) is 12.5. The number of nitriles is 1. The van der Waals surface area contributed by atoms with Crippen molar-refractivity contribution in [2.75, 3.05) is 14.2 Å². The van der Waals surface area contributed by atoms with E-state index in [2.05, 4.69) is 16.4 Å². The summed E-state index contributed by atoms with van der Waals surface area (Å²) in [4.78, 5) is 31.0. The van der Waals surface area contributed by atoms with E-state index in [-0.39, 0.29) is 63.1 Å². The fourth-order valence-electron chi connectivity index (χ4n) is 4.81. The van der Waals surface area contributed by atoms with Crippen LogP contribution in [0.4, 0.5) is 17.6 Å². The lowest BCUT2D eigenvalue weighted by Gasteiger charge is -2.25. The second-order valence-corrected chi connectivity index (χ2v) is 11.0. The van der Waals surface area contributed by atoms with Crippen molar-refractivity contribution in [3.63, 3.8) is 0 Å². The summed E-state index contributed by atoms with van der Waals surface area (Å²) in [6.07, 6.45) is -6.28. The molecule has 2 heterocycles. The van der Waals surface area contributed by atoms with Crippen LogP contribution in [0.2, 0.25) is 0 Å². The van der Waals surface area contributed by atoms with Crippen LogP contribution in [0.15, 0.2) is 52.9 Å². The molecule has 0 bridgehead atoms. The third-order valence-corrected chi connectivity index (χ3v) is 7.84. The molecule has 4 aromatic rings. The number of Topliss-reactive ketones (excluding diaryl/α,β-unsaturated/α-hetero) is 1. The van der Waals surface area contributed by atoms with Crippen molar-refractivity contribution in [3.05, 3.63) is 71.2 Å². The number of hydrogen-bond donors (Lipinski definition) is 1. The highest BCUT2D eigenvalue weighted by Gasteiger charge is 2.33. The lowest BCUT2D eigenvalue weighted by atomic mass is 9.75. The van der Waals surface area contributed by atoms with Gasteiger partial charge in [-0.2, -0.15) is 18.4 Å². The number of alkyl halides is 3. The van der Waals surface area contributed by atoms with Gasteiger partial charge in [0.1, 0.15) is 17.3 Å². The van der Waals surface area contributed by atoms with E-state index >= 15 is 0 Å². The molecule has 7 nitrogen and oxygen atoms in total. The highest BCUT2D eigenvalue weighted by atomic mass is 19.4. The molecule has 0 aliphatic rings. The number of nitrogens with zero attached hydrogens (tertiary/aromatic N) is 2. The van der Waals surface area contributed by atoms with E-state index in [1.54, 1.807) is 13.0 Å². The molecule has 2 aromatic heterocycles. The molecule has 1 amide bonds. The molecule has 1 atom stereocenters. The minimum Gasteiger partial charge on any atom is -0.496 e. The standard InChI is InChI=1S/C33H31F4N3O4/c1-18(2)32(3,17-38)16-26(41)23-14-20(8-11-27(23)43-5)22-15-24-28(30(42)39-4)29(19-6-9-21(34)10-7-19)44-31(24)40-25(22)12-13-33(35,36)37/h6-11,14-15,18H,12-13,16H2,1-5H3,(H,39,42). The number of furan rings is 1. The molecule has 0 fully saturated rings. The van der Waals surface area contributed by atoms with Gasteiger partial charge in [0.05, 0.1) is 40.8 Å². The SMILES string of the molecule is CNC(=O)c1c(-c2ccc(F)cc2)oc2nc(CCC(F)(F)F)c(-c3ccc(OC)c(C(=O)CC(C)(C#N)C(C)C)c3)cc12. The lowest BCUT2D eigenvalue weighted by molar-refractivity contribution is -0.134. The third-order valence-electron chi connectivity index (χ3n) is 7.84. The molecule has 0 aliphatic carbocycles. The Morgan fingerprint density at radius 3 is 2.32 bits per heavy atom. The number of nitrogens with one attached hydrogen (secondary N) is 1. The Hall–Kier alpha value is -4.72. The molecule has 4 rings (SSSR count). The molecule has 0 aliphatic heterocycles. The Morgan fingerprint density at radius 2 is 1.75 bits per heavy atom.